The molecule has 134 valence electrons. The van der Waals surface area contributed by atoms with Crippen LogP contribution < -0.4 is 10.6 Å². The van der Waals surface area contributed by atoms with Gasteiger partial charge in [-0.2, -0.15) is 5.10 Å². The normalized spacial score (nSPS) is 25.1. The Morgan fingerprint density at radius 1 is 1.38 bits per heavy atom. The Hall–Kier alpha value is -1.60. The first-order valence-corrected chi connectivity index (χ1v) is 8.15. The molecule has 1 aromatic heterocycles. The summed E-state index contributed by atoms with van der Waals surface area (Å²) in [5.74, 6) is -0.510. The number of methoxy groups -OCH3 is 1. The van der Waals surface area contributed by atoms with Gasteiger partial charge in [0.15, 0.2) is 0 Å². The first-order chi connectivity index (χ1) is 11.1. The average molecular weight is 357 g/mol. The first kappa shape index (κ1) is 18.7. The zero-order valence-electron chi connectivity index (χ0n) is 14.1. The Morgan fingerprint density at radius 2 is 2.08 bits per heavy atom. The molecule has 0 bridgehead atoms. The Labute approximate surface area is 147 Å². The van der Waals surface area contributed by atoms with Crippen LogP contribution >= 0.6 is 12.4 Å². The lowest BCUT2D eigenvalue weighted by Crippen LogP contribution is -2.55. The molecule has 2 aliphatic rings. The first-order valence-electron chi connectivity index (χ1n) is 8.15. The molecule has 2 N–H and O–H groups in total. The fraction of sp³-hybridized carbons (Fsp3) is 0.688. The molecule has 3 rings (SSSR count). The number of hydrogen-bond donors (Lipinski definition) is 2. The molecule has 1 aromatic rings. The van der Waals surface area contributed by atoms with E-state index < -0.39 is 5.54 Å². The highest BCUT2D eigenvalue weighted by atomic mass is 35.5. The van der Waals surface area contributed by atoms with Crippen LogP contribution in [0.1, 0.15) is 37.2 Å². The second-order valence-corrected chi connectivity index (χ2v) is 6.59. The van der Waals surface area contributed by atoms with Gasteiger partial charge >= 0.3 is 5.97 Å². The number of carbonyl (C=O) groups is 2. The van der Waals surface area contributed by atoms with Crippen LogP contribution in [0.15, 0.2) is 12.4 Å². The van der Waals surface area contributed by atoms with Gasteiger partial charge in [-0.3, -0.25) is 9.48 Å². The highest BCUT2D eigenvalue weighted by Gasteiger charge is 2.46. The summed E-state index contributed by atoms with van der Waals surface area (Å²) in [6, 6.07) is 0. The Bertz CT molecular complexity index is 598. The van der Waals surface area contributed by atoms with Crippen molar-refractivity contribution in [1.82, 2.24) is 20.4 Å². The summed E-state index contributed by atoms with van der Waals surface area (Å²) in [7, 11) is 3.25. The molecule has 8 heteroatoms. The summed E-state index contributed by atoms with van der Waals surface area (Å²) < 4.78 is 6.68. The minimum atomic E-state index is -0.839. The van der Waals surface area contributed by atoms with E-state index in [0.717, 1.165) is 24.9 Å². The Kier molecular flexibility index (Phi) is 5.87. The smallest absolute Gasteiger partial charge is 0.331 e. The fourth-order valence-corrected chi connectivity index (χ4v) is 3.82. The van der Waals surface area contributed by atoms with Gasteiger partial charge in [0.2, 0.25) is 5.91 Å². The summed E-state index contributed by atoms with van der Waals surface area (Å²) in [6.07, 6.45) is 6.94. The summed E-state index contributed by atoms with van der Waals surface area (Å²) >= 11 is 0. The number of esters is 1. The second kappa shape index (κ2) is 7.53. The van der Waals surface area contributed by atoms with Crippen molar-refractivity contribution < 1.29 is 14.3 Å². The maximum Gasteiger partial charge on any atom is 0.331 e. The topological polar surface area (TPSA) is 85.2 Å². The lowest BCUT2D eigenvalue weighted by Gasteiger charge is -2.29. The van der Waals surface area contributed by atoms with Crippen LogP contribution in [0.5, 0.6) is 0 Å². The molecule has 2 fully saturated rings. The third-order valence-corrected chi connectivity index (χ3v) is 5.10. The van der Waals surface area contributed by atoms with E-state index in [0.29, 0.717) is 19.4 Å². The lowest BCUT2D eigenvalue weighted by molar-refractivity contribution is -0.151. The third-order valence-electron chi connectivity index (χ3n) is 5.10. The maximum absolute atomic E-state index is 12.8. The van der Waals surface area contributed by atoms with Crippen molar-refractivity contribution in [3.63, 3.8) is 0 Å². The maximum atomic E-state index is 12.8. The van der Waals surface area contributed by atoms with Crippen LogP contribution in [0, 0.1) is 5.92 Å². The zero-order chi connectivity index (χ0) is 16.4. The molecule has 24 heavy (non-hydrogen) atoms. The molecule has 0 radical (unpaired) electrons. The summed E-state index contributed by atoms with van der Waals surface area (Å²) in [5, 5.41) is 10.5. The van der Waals surface area contributed by atoms with Gasteiger partial charge in [0.25, 0.3) is 0 Å². The minimum Gasteiger partial charge on any atom is -0.467 e. The molecule has 7 nitrogen and oxygen atoms in total. The van der Waals surface area contributed by atoms with E-state index in [9.17, 15) is 9.59 Å². The number of ether oxygens (including phenoxy) is 1. The third kappa shape index (κ3) is 3.42. The van der Waals surface area contributed by atoms with Crippen molar-refractivity contribution >= 4 is 24.3 Å². The molecule has 2 atom stereocenters. The Balaban J connectivity index is 0.00000208. The van der Waals surface area contributed by atoms with E-state index in [-0.39, 0.29) is 36.1 Å². The number of hydrogen-bond acceptors (Lipinski definition) is 5. The van der Waals surface area contributed by atoms with Crippen LogP contribution in [-0.2, 0) is 21.4 Å². The lowest BCUT2D eigenvalue weighted by atomic mass is 9.88. The summed E-state index contributed by atoms with van der Waals surface area (Å²) in [4.78, 5) is 25.0. The van der Waals surface area contributed by atoms with Crippen LogP contribution in [0.3, 0.4) is 0 Å². The monoisotopic (exact) mass is 356 g/mol. The number of amides is 1. The Morgan fingerprint density at radius 3 is 2.67 bits per heavy atom. The molecule has 2 heterocycles. The largest absolute Gasteiger partial charge is 0.467 e. The van der Waals surface area contributed by atoms with Crippen LogP contribution in [0.25, 0.3) is 0 Å². The summed E-state index contributed by atoms with van der Waals surface area (Å²) in [5.41, 5.74) is 0.213. The van der Waals surface area contributed by atoms with Gasteiger partial charge in [0, 0.05) is 32.3 Å². The second-order valence-electron chi connectivity index (χ2n) is 6.59. The summed E-state index contributed by atoms with van der Waals surface area (Å²) in [6.45, 7) is 1.36. The van der Waals surface area contributed by atoms with E-state index in [4.69, 9.17) is 4.74 Å². The number of carbonyl (C=O) groups excluding carboxylic acids is 2. The van der Waals surface area contributed by atoms with E-state index in [1.165, 1.54) is 7.11 Å². The zero-order valence-corrected chi connectivity index (χ0v) is 14.9. The molecule has 1 saturated heterocycles. The van der Waals surface area contributed by atoms with Gasteiger partial charge in [0.05, 0.1) is 19.2 Å². The molecular weight excluding hydrogens is 332 g/mol. The van der Waals surface area contributed by atoms with Crippen molar-refractivity contribution in [3.05, 3.63) is 18.0 Å². The molecular formula is C16H25ClN4O3. The molecule has 0 spiro atoms. The number of rotatable bonds is 4. The number of nitrogens with zero attached hydrogens (tertiary/aromatic N) is 2. The molecule has 0 unspecified atom stereocenters. The predicted molar refractivity (Wildman–Crippen MR) is 90.9 cm³/mol. The van der Waals surface area contributed by atoms with Crippen molar-refractivity contribution in [2.45, 2.75) is 37.1 Å². The van der Waals surface area contributed by atoms with E-state index in [1.807, 2.05) is 19.4 Å². The van der Waals surface area contributed by atoms with E-state index >= 15 is 0 Å². The van der Waals surface area contributed by atoms with E-state index in [2.05, 4.69) is 15.7 Å². The minimum absolute atomic E-state index is 0. The SMILES string of the molecule is COC(=O)C1(NC(=O)[C@H]2CNC[C@@H]2c2cnn(C)c2)CCCC1.Cl. The van der Waals surface area contributed by atoms with Crippen LogP contribution in [-0.4, -0.2) is 47.4 Å². The van der Waals surface area contributed by atoms with Crippen LogP contribution in [0.4, 0.5) is 0 Å². The van der Waals surface area contributed by atoms with Crippen LogP contribution in [0.2, 0.25) is 0 Å². The average Bonchev–Trinajstić information content (AvgIpc) is 3.25. The van der Waals surface area contributed by atoms with Gasteiger partial charge < -0.3 is 15.4 Å². The molecule has 1 saturated carbocycles. The predicted octanol–water partition coefficient (Wildman–Crippen LogP) is 0.747. The quantitative estimate of drug-likeness (QED) is 0.777. The number of halogens is 1. The van der Waals surface area contributed by atoms with Gasteiger partial charge in [-0.25, -0.2) is 4.79 Å². The van der Waals surface area contributed by atoms with Crippen molar-refractivity contribution in [1.29, 1.82) is 0 Å². The van der Waals surface area contributed by atoms with E-state index in [1.54, 1.807) is 4.68 Å². The standard InChI is InChI=1S/C16H24N4O3.ClH/c1-20-10-11(7-18-20)12-8-17-9-13(12)14(21)19-16(15(22)23-2)5-3-4-6-16;/h7,10,12-13,17H,3-6,8-9H2,1-2H3,(H,19,21);1H/t12-,13+;/m1./s1. The van der Waals surface area contributed by atoms with Gasteiger partial charge in [-0.05, 0) is 18.4 Å². The number of aryl methyl sites for hydroxylation is 1. The van der Waals surface area contributed by atoms with Gasteiger partial charge in [-0.15, -0.1) is 12.4 Å². The fourth-order valence-electron chi connectivity index (χ4n) is 3.82. The molecule has 1 aliphatic carbocycles. The molecule has 1 aliphatic heterocycles. The highest BCUT2D eigenvalue weighted by molar-refractivity contribution is 5.90. The van der Waals surface area contributed by atoms with Gasteiger partial charge in [-0.1, -0.05) is 12.8 Å². The number of nitrogens with one attached hydrogen (secondary N) is 2. The number of aromatic nitrogens is 2. The van der Waals surface area contributed by atoms with Crippen molar-refractivity contribution in [2.75, 3.05) is 20.2 Å². The molecule has 0 aromatic carbocycles. The highest BCUT2D eigenvalue weighted by Crippen LogP contribution is 2.33. The van der Waals surface area contributed by atoms with Gasteiger partial charge in [0.1, 0.15) is 5.54 Å². The molecule has 1 amide bonds. The van der Waals surface area contributed by atoms with Crippen molar-refractivity contribution in [3.8, 4) is 0 Å². The van der Waals surface area contributed by atoms with Crippen molar-refractivity contribution in [2.24, 2.45) is 13.0 Å².